The second-order valence-electron chi connectivity index (χ2n) is 2.68. The zero-order chi connectivity index (χ0) is 9.35. The summed E-state index contributed by atoms with van der Waals surface area (Å²) in [4.78, 5) is 11.1. The minimum atomic E-state index is -3.35. The number of thiol groups is 1. The summed E-state index contributed by atoms with van der Waals surface area (Å²) in [6, 6.07) is 0. The number of nitrogens with zero attached hydrogens (tertiary/aromatic N) is 1. The molecule has 1 rings (SSSR count). The molecule has 0 aromatic heterocycles. The van der Waals surface area contributed by atoms with Crippen LogP contribution >= 0.6 is 12.6 Å². The first-order valence-electron chi connectivity index (χ1n) is 3.68. The summed E-state index contributed by atoms with van der Waals surface area (Å²) in [6.07, 6.45) is 0.225. The molecule has 1 aliphatic rings. The fourth-order valence-electron chi connectivity index (χ4n) is 1.09. The molecule has 1 heterocycles. The number of carbonyl (C=O) groups is 1. The van der Waals surface area contributed by atoms with Crippen LogP contribution in [-0.2, 0) is 14.8 Å². The average molecular weight is 209 g/mol. The third kappa shape index (κ3) is 1.74. The van der Waals surface area contributed by atoms with E-state index >= 15 is 0 Å². The molecule has 12 heavy (non-hydrogen) atoms. The SMILES string of the molecule is CCS(=O)(=O)N1CC(S)CC1=O. The first-order valence-corrected chi connectivity index (χ1v) is 5.81. The van der Waals surface area contributed by atoms with Crippen LogP contribution in [0.15, 0.2) is 0 Å². The van der Waals surface area contributed by atoms with E-state index in [0.29, 0.717) is 0 Å². The minimum Gasteiger partial charge on any atom is -0.274 e. The molecule has 4 nitrogen and oxygen atoms in total. The molecule has 0 aromatic carbocycles. The summed E-state index contributed by atoms with van der Waals surface area (Å²) in [5.74, 6) is -0.365. The van der Waals surface area contributed by atoms with Crippen LogP contribution in [-0.4, -0.2) is 36.2 Å². The van der Waals surface area contributed by atoms with E-state index in [2.05, 4.69) is 12.6 Å². The molecular weight excluding hydrogens is 198 g/mol. The average Bonchev–Trinajstić information content (AvgIpc) is 2.31. The van der Waals surface area contributed by atoms with Crippen molar-refractivity contribution in [2.75, 3.05) is 12.3 Å². The van der Waals surface area contributed by atoms with Crippen molar-refractivity contribution < 1.29 is 13.2 Å². The number of hydrogen-bond acceptors (Lipinski definition) is 4. The van der Waals surface area contributed by atoms with Crippen LogP contribution in [0.25, 0.3) is 0 Å². The standard InChI is InChI=1S/C6H11NO3S2/c1-2-12(9,10)7-4-5(11)3-6(7)8/h5,11H,2-4H2,1H3. The van der Waals surface area contributed by atoms with Gasteiger partial charge in [0.1, 0.15) is 0 Å². The molecule has 1 fully saturated rings. The van der Waals surface area contributed by atoms with E-state index in [1.54, 1.807) is 0 Å². The molecule has 0 saturated carbocycles. The van der Waals surface area contributed by atoms with Gasteiger partial charge in [0.15, 0.2) is 0 Å². The zero-order valence-corrected chi connectivity index (χ0v) is 8.44. The Morgan fingerprint density at radius 3 is 2.58 bits per heavy atom. The maximum Gasteiger partial charge on any atom is 0.237 e. The highest BCUT2D eigenvalue weighted by Gasteiger charge is 2.34. The molecule has 0 radical (unpaired) electrons. The molecule has 0 aliphatic carbocycles. The van der Waals surface area contributed by atoms with E-state index in [4.69, 9.17) is 0 Å². The van der Waals surface area contributed by atoms with Crippen LogP contribution in [0.1, 0.15) is 13.3 Å². The van der Waals surface area contributed by atoms with Gasteiger partial charge in [0.05, 0.1) is 5.75 Å². The van der Waals surface area contributed by atoms with Crippen molar-refractivity contribution in [1.82, 2.24) is 4.31 Å². The predicted molar refractivity (Wildman–Crippen MR) is 48.6 cm³/mol. The van der Waals surface area contributed by atoms with Crippen molar-refractivity contribution in [2.24, 2.45) is 0 Å². The van der Waals surface area contributed by atoms with Crippen LogP contribution in [0.2, 0.25) is 0 Å². The Morgan fingerprint density at radius 2 is 2.25 bits per heavy atom. The predicted octanol–water partition coefficient (Wildman–Crippen LogP) is -0.133. The molecule has 1 amide bonds. The van der Waals surface area contributed by atoms with Crippen molar-refractivity contribution in [2.45, 2.75) is 18.6 Å². The monoisotopic (exact) mass is 209 g/mol. The summed E-state index contributed by atoms with van der Waals surface area (Å²) < 4.78 is 23.4. The summed E-state index contributed by atoms with van der Waals surface area (Å²) >= 11 is 4.05. The van der Waals surface area contributed by atoms with Gasteiger partial charge in [-0.25, -0.2) is 12.7 Å². The fourth-order valence-corrected chi connectivity index (χ4v) is 2.62. The Balaban J connectivity index is 2.85. The highest BCUT2D eigenvalue weighted by molar-refractivity contribution is 7.89. The lowest BCUT2D eigenvalue weighted by Gasteiger charge is -2.14. The zero-order valence-electron chi connectivity index (χ0n) is 6.73. The summed E-state index contributed by atoms with van der Waals surface area (Å²) in [6.45, 7) is 1.74. The number of hydrogen-bond donors (Lipinski definition) is 1. The Labute approximate surface area is 77.4 Å². The first-order chi connectivity index (χ1) is 5.47. The van der Waals surface area contributed by atoms with Gasteiger partial charge in [0, 0.05) is 18.2 Å². The van der Waals surface area contributed by atoms with Gasteiger partial charge in [-0.2, -0.15) is 12.6 Å². The molecule has 1 atom stereocenters. The number of sulfonamides is 1. The third-order valence-electron chi connectivity index (χ3n) is 1.77. The molecule has 0 spiro atoms. The number of carbonyl (C=O) groups excluding carboxylic acids is 1. The molecular formula is C6H11NO3S2. The largest absolute Gasteiger partial charge is 0.274 e. The summed E-state index contributed by atoms with van der Waals surface area (Å²) in [7, 11) is -3.35. The summed E-state index contributed by atoms with van der Waals surface area (Å²) in [5, 5.41) is -0.140. The van der Waals surface area contributed by atoms with Crippen LogP contribution in [0, 0.1) is 0 Å². The van der Waals surface area contributed by atoms with E-state index in [1.807, 2.05) is 0 Å². The maximum absolute atomic E-state index is 11.2. The fraction of sp³-hybridized carbons (Fsp3) is 0.833. The van der Waals surface area contributed by atoms with Crippen molar-refractivity contribution in [3.63, 3.8) is 0 Å². The maximum atomic E-state index is 11.2. The van der Waals surface area contributed by atoms with Crippen LogP contribution in [0.5, 0.6) is 0 Å². The minimum absolute atomic E-state index is 0.0285. The van der Waals surface area contributed by atoms with Crippen molar-refractivity contribution >= 4 is 28.6 Å². The molecule has 70 valence electrons. The Bertz CT molecular complexity index is 285. The molecule has 6 heteroatoms. The molecule has 0 aromatic rings. The lowest BCUT2D eigenvalue weighted by molar-refractivity contribution is -0.123. The van der Waals surface area contributed by atoms with E-state index in [1.165, 1.54) is 6.92 Å². The van der Waals surface area contributed by atoms with E-state index in [-0.39, 0.29) is 29.9 Å². The van der Waals surface area contributed by atoms with Gasteiger partial charge in [0.25, 0.3) is 0 Å². The van der Waals surface area contributed by atoms with Gasteiger partial charge in [0.2, 0.25) is 15.9 Å². The normalized spacial score (nSPS) is 25.0. The highest BCUT2D eigenvalue weighted by atomic mass is 32.2. The lowest BCUT2D eigenvalue weighted by atomic mass is 10.4. The quantitative estimate of drug-likeness (QED) is 0.644. The van der Waals surface area contributed by atoms with Crippen molar-refractivity contribution in [3.05, 3.63) is 0 Å². The lowest BCUT2D eigenvalue weighted by Crippen LogP contribution is -2.33. The number of amides is 1. The molecule has 0 N–H and O–H groups in total. The molecule has 1 unspecified atom stereocenters. The third-order valence-corrected chi connectivity index (χ3v) is 3.87. The van der Waals surface area contributed by atoms with Crippen LogP contribution in [0.3, 0.4) is 0 Å². The topological polar surface area (TPSA) is 54.5 Å². The van der Waals surface area contributed by atoms with Gasteiger partial charge in [-0.1, -0.05) is 0 Å². The van der Waals surface area contributed by atoms with Crippen LogP contribution < -0.4 is 0 Å². The highest BCUT2D eigenvalue weighted by Crippen LogP contribution is 2.19. The Hall–Kier alpha value is -0.230. The molecule has 1 saturated heterocycles. The second-order valence-corrected chi connectivity index (χ2v) is 5.60. The molecule has 0 bridgehead atoms. The number of rotatable bonds is 2. The van der Waals surface area contributed by atoms with Gasteiger partial charge >= 0.3 is 0 Å². The van der Waals surface area contributed by atoms with Gasteiger partial charge in [-0.3, -0.25) is 4.79 Å². The van der Waals surface area contributed by atoms with Gasteiger partial charge in [-0.05, 0) is 6.92 Å². The van der Waals surface area contributed by atoms with Crippen molar-refractivity contribution in [3.8, 4) is 0 Å². The van der Waals surface area contributed by atoms with E-state index in [9.17, 15) is 13.2 Å². The Kier molecular flexibility index (Phi) is 2.67. The van der Waals surface area contributed by atoms with Gasteiger partial charge in [-0.15, -0.1) is 0 Å². The second kappa shape index (κ2) is 3.26. The smallest absolute Gasteiger partial charge is 0.237 e. The van der Waals surface area contributed by atoms with Gasteiger partial charge < -0.3 is 0 Å². The summed E-state index contributed by atoms with van der Waals surface area (Å²) in [5.41, 5.74) is 0. The van der Waals surface area contributed by atoms with Crippen LogP contribution in [0.4, 0.5) is 0 Å². The van der Waals surface area contributed by atoms with E-state index < -0.39 is 10.0 Å². The first kappa shape index (κ1) is 9.85. The van der Waals surface area contributed by atoms with Crippen molar-refractivity contribution in [1.29, 1.82) is 0 Å². The van der Waals surface area contributed by atoms with E-state index in [0.717, 1.165) is 4.31 Å². The Morgan fingerprint density at radius 1 is 1.67 bits per heavy atom. The molecule has 1 aliphatic heterocycles.